The first kappa shape index (κ1) is 25.0. The highest BCUT2D eigenvalue weighted by Crippen LogP contribution is 2.37. The van der Waals surface area contributed by atoms with Gasteiger partial charge in [-0.25, -0.2) is 0 Å². The molecule has 0 bridgehead atoms. The molecule has 3 heterocycles. The lowest BCUT2D eigenvalue weighted by molar-refractivity contribution is 0.0468. The molecule has 36 heavy (non-hydrogen) atoms. The van der Waals surface area contributed by atoms with Gasteiger partial charge in [0, 0.05) is 42.0 Å². The molecule has 1 aromatic heterocycles. The van der Waals surface area contributed by atoms with Crippen molar-refractivity contribution in [1.82, 2.24) is 9.88 Å². The zero-order valence-corrected chi connectivity index (χ0v) is 21.5. The maximum absolute atomic E-state index is 9.91. The summed E-state index contributed by atoms with van der Waals surface area (Å²) in [6, 6.07) is 18.2. The van der Waals surface area contributed by atoms with Gasteiger partial charge in [-0.15, -0.1) is 0 Å². The number of halogens is 1. The molecule has 0 spiro atoms. The standard InChI is InChI=1S/C30H33ClN2O3/c1-21(34)16-23-8-11-30-28(17-23)26(27-4-2-13-32-29(27)20-36-30)5-3-14-33-15-12-25(18-33)35-19-22-6-9-24(31)10-7-22/h2,4-11,13,17,21,25,34H,3,12,14-16,18-20H2,1H3. The van der Waals surface area contributed by atoms with Crippen LogP contribution in [-0.2, 0) is 24.4 Å². The smallest absolute Gasteiger partial charge is 0.131 e. The lowest BCUT2D eigenvalue weighted by Gasteiger charge is -2.17. The lowest BCUT2D eigenvalue weighted by Crippen LogP contribution is -2.24. The Hall–Kier alpha value is -2.70. The predicted octanol–water partition coefficient (Wildman–Crippen LogP) is 5.66. The topological polar surface area (TPSA) is 54.8 Å². The van der Waals surface area contributed by atoms with Crippen molar-refractivity contribution in [3.8, 4) is 5.75 Å². The van der Waals surface area contributed by atoms with Crippen LogP contribution in [0.2, 0.25) is 5.02 Å². The van der Waals surface area contributed by atoms with Crippen LogP contribution in [0.3, 0.4) is 0 Å². The van der Waals surface area contributed by atoms with Gasteiger partial charge in [0.2, 0.25) is 0 Å². The molecule has 6 heteroatoms. The summed E-state index contributed by atoms with van der Waals surface area (Å²) < 4.78 is 12.3. The Morgan fingerprint density at radius 1 is 1.17 bits per heavy atom. The molecule has 2 atom stereocenters. The second-order valence-corrected chi connectivity index (χ2v) is 10.2. The summed E-state index contributed by atoms with van der Waals surface area (Å²) in [5.41, 5.74) is 6.56. The number of hydrogen-bond donors (Lipinski definition) is 1. The molecule has 1 fully saturated rings. The van der Waals surface area contributed by atoms with Gasteiger partial charge in [-0.2, -0.15) is 0 Å². The van der Waals surface area contributed by atoms with E-state index >= 15 is 0 Å². The van der Waals surface area contributed by atoms with Gasteiger partial charge in [0.25, 0.3) is 0 Å². The first-order valence-corrected chi connectivity index (χ1v) is 13.1. The van der Waals surface area contributed by atoms with Crippen LogP contribution in [0, 0.1) is 0 Å². The van der Waals surface area contributed by atoms with Crippen LogP contribution in [0.1, 0.15) is 47.7 Å². The van der Waals surface area contributed by atoms with E-state index in [0.717, 1.165) is 76.8 Å². The van der Waals surface area contributed by atoms with Crippen LogP contribution in [0.25, 0.3) is 5.57 Å². The number of likely N-dealkylation sites (tertiary alicyclic amines) is 1. The molecule has 1 N–H and O–H groups in total. The van der Waals surface area contributed by atoms with E-state index in [1.807, 2.05) is 55.6 Å². The van der Waals surface area contributed by atoms with Gasteiger partial charge in [-0.3, -0.25) is 4.98 Å². The zero-order chi connectivity index (χ0) is 24.9. The number of hydrogen-bond acceptors (Lipinski definition) is 5. The highest BCUT2D eigenvalue weighted by molar-refractivity contribution is 6.30. The molecular weight excluding hydrogens is 472 g/mol. The molecule has 0 radical (unpaired) electrons. The third-order valence-electron chi connectivity index (χ3n) is 6.83. The molecule has 0 amide bonds. The first-order valence-electron chi connectivity index (χ1n) is 12.7. The molecule has 0 saturated carbocycles. The van der Waals surface area contributed by atoms with Gasteiger partial charge in [0.1, 0.15) is 12.4 Å². The summed E-state index contributed by atoms with van der Waals surface area (Å²) in [5.74, 6) is 0.866. The van der Waals surface area contributed by atoms with E-state index in [2.05, 4.69) is 28.1 Å². The van der Waals surface area contributed by atoms with Gasteiger partial charge in [0.15, 0.2) is 0 Å². The van der Waals surface area contributed by atoms with Crippen LogP contribution >= 0.6 is 11.6 Å². The molecule has 2 unspecified atom stereocenters. The minimum atomic E-state index is -0.388. The summed E-state index contributed by atoms with van der Waals surface area (Å²) in [4.78, 5) is 7.07. The molecule has 188 valence electrons. The SMILES string of the molecule is CC(O)Cc1ccc2c(c1)C(=CCCN1CCC(OCc3ccc(Cl)cc3)C1)c1cccnc1CO2. The number of aliphatic hydroxyl groups is 1. The van der Waals surface area contributed by atoms with Crippen LogP contribution < -0.4 is 4.74 Å². The van der Waals surface area contributed by atoms with Crippen LogP contribution in [0.15, 0.2) is 66.9 Å². The average molecular weight is 505 g/mol. The molecule has 3 aromatic rings. The van der Waals surface area contributed by atoms with Crippen LogP contribution in [-0.4, -0.2) is 46.8 Å². The molecule has 2 aliphatic rings. The van der Waals surface area contributed by atoms with Gasteiger partial charge in [-0.1, -0.05) is 41.9 Å². The predicted molar refractivity (Wildman–Crippen MR) is 143 cm³/mol. The summed E-state index contributed by atoms with van der Waals surface area (Å²) >= 11 is 5.98. The lowest BCUT2D eigenvalue weighted by atomic mass is 9.93. The molecule has 5 nitrogen and oxygen atoms in total. The van der Waals surface area contributed by atoms with Crippen LogP contribution in [0.4, 0.5) is 0 Å². The largest absolute Gasteiger partial charge is 0.487 e. The molecule has 0 aliphatic carbocycles. The van der Waals surface area contributed by atoms with Crippen molar-refractivity contribution in [2.24, 2.45) is 0 Å². The third-order valence-corrected chi connectivity index (χ3v) is 7.08. The fraction of sp³-hybridized carbons (Fsp3) is 0.367. The monoisotopic (exact) mass is 504 g/mol. The van der Waals surface area contributed by atoms with E-state index in [9.17, 15) is 5.11 Å². The number of ether oxygens (including phenoxy) is 2. The van der Waals surface area contributed by atoms with E-state index < -0.39 is 0 Å². The van der Waals surface area contributed by atoms with Crippen molar-refractivity contribution in [3.05, 3.63) is 99.8 Å². The van der Waals surface area contributed by atoms with Crippen molar-refractivity contribution in [3.63, 3.8) is 0 Å². The number of nitrogens with zero attached hydrogens (tertiary/aromatic N) is 2. The Balaban J connectivity index is 1.26. The Labute approximate surface area is 218 Å². The molecule has 2 aromatic carbocycles. The van der Waals surface area contributed by atoms with Gasteiger partial charge >= 0.3 is 0 Å². The Kier molecular flexibility index (Phi) is 8.02. The van der Waals surface area contributed by atoms with Crippen molar-refractivity contribution in [2.45, 2.75) is 51.6 Å². The maximum atomic E-state index is 9.91. The molecule has 5 rings (SSSR count). The summed E-state index contributed by atoms with van der Waals surface area (Å²) in [6.07, 6.45) is 6.61. The van der Waals surface area contributed by atoms with Gasteiger partial charge in [-0.05, 0) is 73.2 Å². The van der Waals surface area contributed by atoms with Crippen molar-refractivity contribution < 1.29 is 14.6 Å². The summed E-state index contributed by atoms with van der Waals surface area (Å²) in [7, 11) is 0. The Morgan fingerprint density at radius 3 is 2.83 bits per heavy atom. The maximum Gasteiger partial charge on any atom is 0.131 e. The molecule has 2 aliphatic heterocycles. The number of aliphatic hydroxyl groups excluding tert-OH is 1. The van der Waals surface area contributed by atoms with Crippen molar-refractivity contribution >= 4 is 17.2 Å². The number of fused-ring (bicyclic) bond motifs is 2. The normalized spacial score (nSPS) is 19.4. The highest BCUT2D eigenvalue weighted by Gasteiger charge is 2.24. The minimum absolute atomic E-state index is 0.258. The fourth-order valence-electron chi connectivity index (χ4n) is 5.01. The number of benzene rings is 2. The molecule has 1 saturated heterocycles. The van der Waals surface area contributed by atoms with Gasteiger partial charge < -0.3 is 19.5 Å². The van der Waals surface area contributed by atoms with Gasteiger partial charge in [0.05, 0.1) is 24.5 Å². The first-order chi connectivity index (χ1) is 17.5. The van der Waals surface area contributed by atoms with E-state index in [0.29, 0.717) is 19.6 Å². The van der Waals surface area contributed by atoms with Crippen molar-refractivity contribution in [2.75, 3.05) is 19.6 Å². The van der Waals surface area contributed by atoms with E-state index in [-0.39, 0.29) is 12.2 Å². The molecular formula is C30H33ClN2O3. The number of aromatic nitrogens is 1. The zero-order valence-electron chi connectivity index (χ0n) is 20.7. The number of pyridine rings is 1. The van der Waals surface area contributed by atoms with Crippen molar-refractivity contribution in [1.29, 1.82) is 0 Å². The van der Waals surface area contributed by atoms with E-state index in [1.165, 1.54) is 0 Å². The Morgan fingerprint density at radius 2 is 2.00 bits per heavy atom. The minimum Gasteiger partial charge on any atom is -0.487 e. The quantitative estimate of drug-likeness (QED) is 0.428. The average Bonchev–Trinajstić information content (AvgIpc) is 3.27. The second kappa shape index (κ2) is 11.6. The van der Waals surface area contributed by atoms with E-state index in [1.54, 1.807) is 0 Å². The third kappa shape index (κ3) is 6.16. The van der Waals surface area contributed by atoms with E-state index in [4.69, 9.17) is 21.1 Å². The second-order valence-electron chi connectivity index (χ2n) is 9.73. The van der Waals surface area contributed by atoms with Crippen LogP contribution in [0.5, 0.6) is 5.75 Å². The Bertz CT molecular complexity index is 1210. The fourth-order valence-corrected chi connectivity index (χ4v) is 5.14. The summed E-state index contributed by atoms with van der Waals surface area (Å²) in [5, 5.41) is 10.7. The highest BCUT2D eigenvalue weighted by atomic mass is 35.5. The number of rotatable bonds is 8. The summed E-state index contributed by atoms with van der Waals surface area (Å²) in [6.45, 7) is 5.87.